The zero-order valence-corrected chi connectivity index (χ0v) is 53.0. The maximum Gasteiger partial charge on any atom is 0.410 e. The molecule has 3 saturated carbocycles. The maximum absolute atomic E-state index is 13.7. The van der Waals surface area contributed by atoms with E-state index < -0.39 is 41.1 Å². The Bertz CT molecular complexity index is 2920. The number of ether oxygens (including phenoxy) is 5. The van der Waals surface area contributed by atoms with Gasteiger partial charge in [0.05, 0.1) is 5.56 Å². The van der Waals surface area contributed by atoms with Gasteiger partial charge in [0.1, 0.15) is 40.3 Å². The highest BCUT2D eigenvalue weighted by Gasteiger charge is 2.59. The van der Waals surface area contributed by atoms with Crippen LogP contribution in [0.15, 0.2) is 66.2 Å². The molecule has 0 aromatic heterocycles. The Morgan fingerprint density at radius 3 is 1.93 bits per heavy atom. The summed E-state index contributed by atoms with van der Waals surface area (Å²) < 4.78 is 30.0. The zero-order chi connectivity index (χ0) is 61.1. The van der Waals surface area contributed by atoms with Gasteiger partial charge in [-0.15, -0.1) is 0 Å². The van der Waals surface area contributed by atoms with E-state index in [1.54, 1.807) is 40.1 Å². The molecule has 2 aliphatic heterocycles. The molecule has 472 valence electrons. The maximum atomic E-state index is 13.7. The second-order valence-electron chi connectivity index (χ2n) is 28.0. The molecule has 7 unspecified atom stereocenters. The van der Waals surface area contributed by atoms with Crippen molar-refractivity contribution >= 4 is 47.3 Å². The van der Waals surface area contributed by atoms with Gasteiger partial charge in [-0.25, -0.2) is 19.2 Å². The lowest BCUT2D eigenvalue weighted by molar-refractivity contribution is -0.0519. The molecule has 0 saturated heterocycles. The van der Waals surface area contributed by atoms with Crippen LogP contribution in [0.1, 0.15) is 206 Å². The van der Waals surface area contributed by atoms with E-state index in [0.717, 1.165) is 49.4 Å². The molecule has 86 heavy (non-hydrogen) atoms. The fourth-order valence-corrected chi connectivity index (χ4v) is 15.4. The van der Waals surface area contributed by atoms with Crippen molar-refractivity contribution in [1.29, 1.82) is 0 Å². The highest BCUT2D eigenvalue weighted by Crippen LogP contribution is 2.67. The molecule has 3 aromatic carbocycles. The lowest BCUT2D eigenvalue weighted by atomic mass is 9.47. The Balaban J connectivity index is 0.00000961. The minimum Gasteiger partial charge on any atom is -0.508 e. The number of fused-ring (bicyclic) bond motifs is 11. The normalized spacial score (nSPS) is 23.9. The summed E-state index contributed by atoms with van der Waals surface area (Å²) in [4.78, 5) is 57.4. The van der Waals surface area contributed by atoms with Gasteiger partial charge in [0.15, 0.2) is 10.7 Å². The van der Waals surface area contributed by atoms with Crippen molar-refractivity contribution < 1.29 is 53.1 Å². The molecule has 7 atom stereocenters. The first kappa shape index (κ1) is 65.7. The summed E-state index contributed by atoms with van der Waals surface area (Å²) >= 11 is 5.67. The zero-order valence-electron chi connectivity index (χ0n) is 52.2. The number of carbonyl (C=O) groups is 4. The van der Waals surface area contributed by atoms with Crippen LogP contribution in [0.5, 0.6) is 23.0 Å². The van der Waals surface area contributed by atoms with Gasteiger partial charge in [0.2, 0.25) is 0 Å². The predicted octanol–water partition coefficient (Wildman–Crippen LogP) is 15.5. The molecule has 0 bridgehead atoms. The number of carbonyl (C=O) groups excluding carboxylic acids is 4. The van der Waals surface area contributed by atoms with Crippen LogP contribution < -0.4 is 20.7 Å². The van der Waals surface area contributed by atoms with E-state index in [1.165, 1.54) is 81.2 Å². The molecular weight excluding hydrogens is 1110 g/mol. The summed E-state index contributed by atoms with van der Waals surface area (Å²) in [5.74, 6) is 3.92. The molecule has 3 aromatic rings. The lowest BCUT2D eigenvalue weighted by Gasteiger charge is -2.58. The SMILES string of the molecule is C.CC(C)CCCCC1CCC2C3CC=C4CC(OC(=O)NCCCN(CCCCN(CCCNC(=S)Nc5ccc6c(c5)C(=O)OC65c6ccc(O)cc6Oc6cc(O)ccc65)C(=O)OC(C)(C)C)C(=O)OC(C)(C)C)CCC4(C)C3CCC12C. The van der Waals surface area contributed by atoms with E-state index in [1.807, 2.05) is 41.5 Å². The Labute approximate surface area is 517 Å². The predicted molar refractivity (Wildman–Crippen MR) is 340 cm³/mol. The number of rotatable bonds is 20. The van der Waals surface area contributed by atoms with E-state index in [2.05, 4.69) is 49.7 Å². The van der Waals surface area contributed by atoms with Crippen LogP contribution in [0.2, 0.25) is 0 Å². The summed E-state index contributed by atoms with van der Waals surface area (Å²) in [6.07, 6.45) is 18.2. The van der Waals surface area contributed by atoms with Gasteiger partial charge in [-0.3, -0.25) is 0 Å². The molecule has 9 rings (SSSR count). The summed E-state index contributed by atoms with van der Waals surface area (Å²) in [6, 6.07) is 14.5. The first-order chi connectivity index (χ1) is 40.3. The van der Waals surface area contributed by atoms with Gasteiger partial charge in [-0.1, -0.05) is 72.1 Å². The molecule has 1 spiro atoms. The van der Waals surface area contributed by atoms with Crippen LogP contribution in [0.25, 0.3) is 0 Å². The number of nitrogens with zero attached hydrogens (tertiary/aromatic N) is 2. The van der Waals surface area contributed by atoms with Gasteiger partial charge in [0, 0.05) is 80.2 Å². The quantitative estimate of drug-likeness (QED) is 0.0235. The Morgan fingerprint density at radius 2 is 1.33 bits per heavy atom. The number of hydrogen-bond donors (Lipinski definition) is 5. The number of amides is 3. The van der Waals surface area contributed by atoms with E-state index in [4.69, 9.17) is 35.9 Å². The van der Waals surface area contributed by atoms with Gasteiger partial charge < -0.3 is 59.6 Å². The molecular formula is C69H99N5O11S. The first-order valence-corrected chi connectivity index (χ1v) is 32.0. The van der Waals surface area contributed by atoms with Crippen molar-refractivity contribution in [2.45, 2.75) is 202 Å². The second kappa shape index (κ2) is 27.0. The third kappa shape index (κ3) is 14.8. The van der Waals surface area contributed by atoms with E-state index in [-0.39, 0.29) is 30.4 Å². The molecule has 16 nitrogen and oxygen atoms in total. The summed E-state index contributed by atoms with van der Waals surface area (Å²) in [7, 11) is 0. The molecule has 5 N–H and O–H groups in total. The van der Waals surface area contributed by atoms with E-state index in [9.17, 15) is 29.4 Å². The number of benzene rings is 3. The number of esters is 1. The number of aromatic hydroxyl groups is 2. The Hall–Kier alpha value is -6.23. The average Bonchev–Trinajstić information content (AvgIpc) is 1.58. The Morgan fingerprint density at radius 1 is 0.733 bits per heavy atom. The second-order valence-corrected chi connectivity index (χ2v) is 28.4. The van der Waals surface area contributed by atoms with Crippen molar-refractivity contribution in [3.8, 4) is 23.0 Å². The van der Waals surface area contributed by atoms with Crippen LogP contribution >= 0.6 is 12.2 Å². The summed E-state index contributed by atoms with van der Waals surface area (Å²) in [6.45, 7) is 23.1. The Kier molecular flexibility index (Phi) is 20.7. The summed E-state index contributed by atoms with van der Waals surface area (Å²) in [5, 5.41) is 30.2. The number of nitrogens with one attached hydrogen (secondary N) is 3. The van der Waals surface area contributed by atoms with Crippen LogP contribution in [0, 0.1) is 40.4 Å². The third-order valence-corrected chi connectivity index (χ3v) is 19.6. The van der Waals surface area contributed by atoms with E-state index in [0.29, 0.717) is 121 Å². The molecule has 4 aliphatic carbocycles. The van der Waals surface area contributed by atoms with Crippen LogP contribution in [-0.2, 0) is 24.5 Å². The van der Waals surface area contributed by atoms with Crippen molar-refractivity contribution in [1.82, 2.24) is 20.4 Å². The van der Waals surface area contributed by atoms with Crippen LogP contribution in [0.3, 0.4) is 0 Å². The monoisotopic (exact) mass is 1210 g/mol. The van der Waals surface area contributed by atoms with Gasteiger partial charge in [-0.2, -0.15) is 0 Å². The topological polar surface area (TPSA) is 197 Å². The fourth-order valence-electron chi connectivity index (χ4n) is 15.2. The smallest absolute Gasteiger partial charge is 0.410 e. The molecule has 6 aliphatic rings. The van der Waals surface area contributed by atoms with Gasteiger partial charge in [0.25, 0.3) is 0 Å². The molecule has 17 heteroatoms. The van der Waals surface area contributed by atoms with Crippen molar-refractivity contribution in [3.05, 3.63) is 88.5 Å². The van der Waals surface area contributed by atoms with Gasteiger partial charge in [-0.05, 0) is 208 Å². The molecule has 3 fully saturated rings. The highest BCUT2D eigenvalue weighted by atomic mass is 32.1. The fraction of sp³-hybridized carbons (Fsp3) is 0.638. The number of hydrogen-bond acceptors (Lipinski definition) is 12. The number of anilines is 1. The van der Waals surface area contributed by atoms with E-state index >= 15 is 0 Å². The first-order valence-electron chi connectivity index (χ1n) is 31.6. The lowest BCUT2D eigenvalue weighted by Crippen LogP contribution is -2.50. The molecule has 0 radical (unpaired) electrons. The number of thiocarbonyl (C=S) groups is 1. The van der Waals surface area contributed by atoms with Crippen LogP contribution in [0.4, 0.5) is 20.1 Å². The highest BCUT2D eigenvalue weighted by molar-refractivity contribution is 7.80. The molecule has 2 heterocycles. The van der Waals surface area contributed by atoms with Gasteiger partial charge >= 0.3 is 24.2 Å². The number of unbranched alkanes of at least 4 members (excludes halogenated alkanes) is 2. The number of allylic oxidation sites excluding steroid dienone is 1. The third-order valence-electron chi connectivity index (χ3n) is 19.3. The summed E-state index contributed by atoms with van der Waals surface area (Å²) in [5.41, 5.74) is 1.84. The van der Waals surface area contributed by atoms with Crippen molar-refractivity contribution in [2.24, 2.45) is 40.4 Å². The van der Waals surface area contributed by atoms with Crippen molar-refractivity contribution in [3.63, 3.8) is 0 Å². The number of phenols is 2. The standard InChI is InChI=1S/C68H95N5O11S.CH4/c1-43(2)17-11-12-18-44-20-25-52-50-24-19-45-39-49(29-31-67(45,10)53(50)30-32-66(44,52)9)80-61(77)70-34-16-38-73(63(79)84-65(6,7)8)36-14-13-35-72(62(78)83-64(3,4)5)37-15-33-69-60(85)71-46-21-26-54-51(40-46)59(76)82-68(54)55-27-22-47(74)41-57(55)81-58-42-48(75)23-28-56(58)68;/h19,21-23,26-28,40-44,49-50,52-53,74-75H,11-18,20,24-25,29-39H2,1-10H3,(H,70,77)(H2,69,71,85);1H4. The van der Waals surface area contributed by atoms with Crippen LogP contribution in [-0.4, -0.2) is 106 Å². The minimum atomic E-state index is -1.39. The number of phenolic OH excluding ortho intramolecular Hbond substituents is 2. The van der Waals surface area contributed by atoms with Crippen molar-refractivity contribution in [2.75, 3.05) is 44.6 Å². The average molecular weight is 1210 g/mol. The molecule has 3 amide bonds. The largest absolute Gasteiger partial charge is 0.508 e. The minimum absolute atomic E-state index is 0. The number of alkyl carbamates (subject to hydrolysis) is 1.